The topological polar surface area (TPSA) is 77.2 Å². The van der Waals surface area contributed by atoms with Gasteiger partial charge in [0, 0.05) is 16.8 Å². The second-order valence-electron chi connectivity index (χ2n) is 6.89. The molecular weight excluding hydrogens is 378 g/mol. The van der Waals surface area contributed by atoms with Crippen LogP contribution in [0.15, 0.2) is 77.3 Å². The number of carbonyl (C=O) groups is 1. The van der Waals surface area contributed by atoms with E-state index in [9.17, 15) is 4.79 Å². The maximum absolute atomic E-state index is 12.3. The van der Waals surface area contributed by atoms with Crippen molar-refractivity contribution in [1.82, 2.24) is 10.1 Å². The summed E-state index contributed by atoms with van der Waals surface area (Å²) in [5.41, 5.74) is 4.42. The van der Waals surface area contributed by atoms with E-state index < -0.39 is 0 Å². The fourth-order valence-corrected chi connectivity index (χ4v) is 3.10. The summed E-state index contributed by atoms with van der Waals surface area (Å²) in [6.45, 7) is 2.00. The number of benzene rings is 3. The lowest BCUT2D eigenvalue weighted by molar-refractivity contribution is -0.115. The van der Waals surface area contributed by atoms with Crippen molar-refractivity contribution < 1.29 is 14.1 Å². The SMILES string of the molecule is COc1ccc(CC(=O)Nc2ccc(-c3noc(-c4ccccc4C)n3)cc2)cc1. The molecule has 0 aliphatic rings. The molecule has 6 nitrogen and oxygen atoms in total. The highest BCUT2D eigenvalue weighted by molar-refractivity contribution is 5.92. The van der Waals surface area contributed by atoms with Gasteiger partial charge in [0.15, 0.2) is 0 Å². The van der Waals surface area contributed by atoms with Crippen LogP contribution in [0, 0.1) is 6.92 Å². The zero-order chi connectivity index (χ0) is 20.9. The molecular formula is C24H21N3O3. The summed E-state index contributed by atoms with van der Waals surface area (Å²) in [6, 6.07) is 22.7. The van der Waals surface area contributed by atoms with E-state index in [1.807, 2.05) is 79.7 Å². The third-order valence-electron chi connectivity index (χ3n) is 4.75. The Bertz CT molecular complexity index is 1150. The van der Waals surface area contributed by atoms with E-state index in [4.69, 9.17) is 9.26 Å². The molecule has 1 aromatic heterocycles. The highest BCUT2D eigenvalue weighted by atomic mass is 16.5. The Hall–Kier alpha value is -3.93. The first kappa shape index (κ1) is 19.4. The molecule has 0 saturated carbocycles. The minimum Gasteiger partial charge on any atom is -0.497 e. The summed E-state index contributed by atoms with van der Waals surface area (Å²) < 4.78 is 10.6. The number of aromatic nitrogens is 2. The summed E-state index contributed by atoms with van der Waals surface area (Å²) in [5.74, 6) is 1.67. The van der Waals surface area contributed by atoms with Crippen molar-refractivity contribution in [3.63, 3.8) is 0 Å². The first-order valence-corrected chi connectivity index (χ1v) is 9.55. The van der Waals surface area contributed by atoms with E-state index in [0.717, 1.165) is 28.0 Å². The normalized spacial score (nSPS) is 10.6. The van der Waals surface area contributed by atoms with Gasteiger partial charge in [-0.1, -0.05) is 35.5 Å². The van der Waals surface area contributed by atoms with Gasteiger partial charge in [-0.15, -0.1) is 0 Å². The number of rotatable bonds is 6. The Morgan fingerprint density at radius 3 is 2.43 bits per heavy atom. The fraction of sp³-hybridized carbons (Fsp3) is 0.125. The molecule has 0 fully saturated rings. The molecule has 30 heavy (non-hydrogen) atoms. The van der Waals surface area contributed by atoms with Gasteiger partial charge in [0.05, 0.1) is 13.5 Å². The van der Waals surface area contributed by atoms with Gasteiger partial charge in [-0.2, -0.15) is 4.98 Å². The van der Waals surface area contributed by atoms with Crippen molar-refractivity contribution in [2.75, 3.05) is 12.4 Å². The smallest absolute Gasteiger partial charge is 0.258 e. The minimum absolute atomic E-state index is 0.0886. The number of amides is 1. The Morgan fingerprint density at radius 1 is 1.00 bits per heavy atom. The second kappa shape index (κ2) is 8.61. The molecule has 4 aromatic rings. The van der Waals surface area contributed by atoms with Crippen molar-refractivity contribution in [3.8, 4) is 28.6 Å². The first-order valence-electron chi connectivity index (χ1n) is 9.55. The van der Waals surface area contributed by atoms with Gasteiger partial charge in [-0.05, 0) is 60.5 Å². The zero-order valence-corrected chi connectivity index (χ0v) is 16.8. The van der Waals surface area contributed by atoms with Gasteiger partial charge in [0.1, 0.15) is 5.75 Å². The Labute approximate surface area is 174 Å². The van der Waals surface area contributed by atoms with Crippen LogP contribution >= 0.6 is 0 Å². The molecule has 1 N–H and O–H groups in total. The third-order valence-corrected chi connectivity index (χ3v) is 4.75. The average molecular weight is 399 g/mol. The van der Waals surface area contributed by atoms with Crippen LogP contribution in [-0.2, 0) is 11.2 Å². The quantitative estimate of drug-likeness (QED) is 0.499. The van der Waals surface area contributed by atoms with Crippen LogP contribution in [0.2, 0.25) is 0 Å². The third kappa shape index (κ3) is 4.38. The first-order chi connectivity index (χ1) is 14.6. The molecule has 0 aliphatic heterocycles. The van der Waals surface area contributed by atoms with Gasteiger partial charge in [0.25, 0.3) is 5.89 Å². The molecule has 150 valence electrons. The van der Waals surface area contributed by atoms with Crippen molar-refractivity contribution in [3.05, 3.63) is 83.9 Å². The van der Waals surface area contributed by atoms with Gasteiger partial charge < -0.3 is 14.6 Å². The number of nitrogens with zero attached hydrogens (tertiary/aromatic N) is 2. The zero-order valence-electron chi connectivity index (χ0n) is 16.8. The van der Waals surface area contributed by atoms with Crippen molar-refractivity contribution in [1.29, 1.82) is 0 Å². The standard InChI is InChI=1S/C24H21N3O3/c1-16-5-3-4-6-21(16)24-26-23(27-30-24)18-9-11-19(12-10-18)25-22(28)15-17-7-13-20(29-2)14-8-17/h3-14H,15H2,1-2H3,(H,25,28). The molecule has 0 spiro atoms. The molecule has 4 rings (SSSR count). The number of nitrogens with one attached hydrogen (secondary N) is 1. The van der Waals surface area contributed by atoms with Crippen LogP contribution in [-0.4, -0.2) is 23.2 Å². The number of methoxy groups -OCH3 is 1. The van der Waals surface area contributed by atoms with Crippen LogP contribution in [0.3, 0.4) is 0 Å². The number of anilines is 1. The Kier molecular flexibility index (Phi) is 5.57. The van der Waals surface area contributed by atoms with Gasteiger partial charge in [-0.25, -0.2) is 0 Å². The van der Waals surface area contributed by atoms with Crippen LogP contribution < -0.4 is 10.1 Å². The van der Waals surface area contributed by atoms with Crippen LogP contribution in [0.5, 0.6) is 5.75 Å². The number of hydrogen-bond acceptors (Lipinski definition) is 5. The molecule has 1 heterocycles. The lowest BCUT2D eigenvalue weighted by Crippen LogP contribution is -2.14. The van der Waals surface area contributed by atoms with Crippen LogP contribution in [0.1, 0.15) is 11.1 Å². The van der Waals surface area contributed by atoms with E-state index >= 15 is 0 Å². The molecule has 0 atom stereocenters. The largest absolute Gasteiger partial charge is 0.497 e. The molecule has 0 bridgehead atoms. The molecule has 0 aliphatic carbocycles. The van der Waals surface area contributed by atoms with Crippen LogP contribution in [0.25, 0.3) is 22.8 Å². The molecule has 0 saturated heterocycles. The monoisotopic (exact) mass is 399 g/mol. The van der Waals surface area contributed by atoms with Crippen molar-refractivity contribution >= 4 is 11.6 Å². The summed E-state index contributed by atoms with van der Waals surface area (Å²) in [5, 5.41) is 6.98. The minimum atomic E-state index is -0.0886. The van der Waals surface area contributed by atoms with Crippen molar-refractivity contribution in [2.24, 2.45) is 0 Å². The highest BCUT2D eigenvalue weighted by Gasteiger charge is 2.12. The summed E-state index contributed by atoms with van der Waals surface area (Å²) in [4.78, 5) is 16.8. The van der Waals surface area contributed by atoms with E-state index in [1.165, 1.54) is 0 Å². The maximum Gasteiger partial charge on any atom is 0.258 e. The summed E-state index contributed by atoms with van der Waals surface area (Å²) in [7, 11) is 1.61. The van der Waals surface area contributed by atoms with E-state index in [2.05, 4.69) is 15.5 Å². The number of carbonyl (C=O) groups excluding carboxylic acids is 1. The van der Waals surface area contributed by atoms with Gasteiger partial charge in [0.2, 0.25) is 11.7 Å². The molecule has 0 unspecified atom stereocenters. The fourth-order valence-electron chi connectivity index (χ4n) is 3.10. The molecule has 6 heteroatoms. The maximum atomic E-state index is 12.3. The van der Waals surface area contributed by atoms with Gasteiger partial charge >= 0.3 is 0 Å². The summed E-state index contributed by atoms with van der Waals surface area (Å²) in [6.07, 6.45) is 0.288. The summed E-state index contributed by atoms with van der Waals surface area (Å²) >= 11 is 0. The van der Waals surface area contributed by atoms with E-state index in [0.29, 0.717) is 17.4 Å². The molecule has 3 aromatic carbocycles. The molecule has 0 radical (unpaired) electrons. The van der Waals surface area contributed by atoms with E-state index in [-0.39, 0.29) is 12.3 Å². The number of hydrogen-bond donors (Lipinski definition) is 1. The van der Waals surface area contributed by atoms with Crippen LogP contribution in [0.4, 0.5) is 5.69 Å². The predicted molar refractivity (Wildman–Crippen MR) is 115 cm³/mol. The lowest BCUT2D eigenvalue weighted by Gasteiger charge is -2.06. The highest BCUT2D eigenvalue weighted by Crippen LogP contribution is 2.25. The number of ether oxygens (including phenoxy) is 1. The van der Waals surface area contributed by atoms with E-state index in [1.54, 1.807) is 7.11 Å². The van der Waals surface area contributed by atoms with Crippen molar-refractivity contribution in [2.45, 2.75) is 13.3 Å². The number of aryl methyl sites for hydroxylation is 1. The Balaban J connectivity index is 1.41. The average Bonchev–Trinajstić information content (AvgIpc) is 3.25. The molecule has 1 amide bonds. The second-order valence-corrected chi connectivity index (χ2v) is 6.89. The van der Waals surface area contributed by atoms with Gasteiger partial charge in [-0.3, -0.25) is 4.79 Å². The predicted octanol–water partition coefficient (Wildman–Crippen LogP) is 4.90. The Morgan fingerprint density at radius 2 is 1.73 bits per heavy atom. The lowest BCUT2D eigenvalue weighted by atomic mass is 10.1.